The standard InChI is InChI=1S/C22H26FN9O3S/c1-13(33)11-32(36(34,35)30(2)3)18-19(24)27-21(28-20(18)25)17-15-8-6-10-26-22(15)31(29-17)12-14-7-4-5-9-16(14)23/h4-10,13,33H,11-12H2,1-3H3,(H4,24,25,27,28). The van der Waals surface area contributed by atoms with Crippen molar-refractivity contribution in [1.29, 1.82) is 0 Å². The molecule has 5 N–H and O–H groups in total. The second kappa shape index (κ2) is 9.64. The van der Waals surface area contributed by atoms with Crippen molar-refractivity contribution in [2.45, 2.75) is 19.6 Å². The summed E-state index contributed by atoms with van der Waals surface area (Å²) in [5, 5.41) is 15.0. The third kappa shape index (κ3) is 4.65. The van der Waals surface area contributed by atoms with Gasteiger partial charge in [-0.05, 0) is 25.1 Å². The molecule has 1 aromatic carbocycles. The normalized spacial score (nSPS) is 12.8. The molecule has 190 valence electrons. The summed E-state index contributed by atoms with van der Waals surface area (Å²) in [6.45, 7) is 1.22. The van der Waals surface area contributed by atoms with E-state index in [2.05, 4.69) is 20.1 Å². The smallest absolute Gasteiger partial charge is 0.303 e. The van der Waals surface area contributed by atoms with Gasteiger partial charge in [0.2, 0.25) is 0 Å². The SMILES string of the molecule is CC(O)CN(c1c(N)nc(-c2nn(Cc3ccccc3F)c3ncccc23)nc1N)S(=O)(=O)N(C)C. The van der Waals surface area contributed by atoms with E-state index in [1.165, 1.54) is 31.8 Å². The molecule has 3 aromatic heterocycles. The average molecular weight is 516 g/mol. The largest absolute Gasteiger partial charge is 0.392 e. The number of nitrogens with zero attached hydrogens (tertiary/aromatic N) is 7. The number of halogens is 1. The number of nitrogens with two attached hydrogens (primary N) is 2. The number of aliphatic hydroxyl groups is 1. The third-order valence-corrected chi connectivity index (χ3v) is 7.17. The molecule has 4 aromatic rings. The molecule has 36 heavy (non-hydrogen) atoms. The summed E-state index contributed by atoms with van der Waals surface area (Å²) >= 11 is 0. The number of benzene rings is 1. The van der Waals surface area contributed by atoms with E-state index in [1.807, 2.05) is 0 Å². The first-order chi connectivity index (χ1) is 17.0. The molecule has 0 aliphatic rings. The van der Waals surface area contributed by atoms with E-state index in [0.717, 1.165) is 8.61 Å². The number of rotatable bonds is 8. The summed E-state index contributed by atoms with van der Waals surface area (Å²) in [6, 6.07) is 9.79. The fourth-order valence-electron chi connectivity index (χ4n) is 3.66. The molecule has 0 spiro atoms. The van der Waals surface area contributed by atoms with Crippen molar-refractivity contribution in [3.05, 3.63) is 54.0 Å². The van der Waals surface area contributed by atoms with Crippen molar-refractivity contribution in [2.75, 3.05) is 36.4 Å². The quantitative estimate of drug-likeness (QED) is 0.312. The Labute approximate surface area is 207 Å². The summed E-state index contributed by atoms with van der Waals surface area (Å²) < 4.78 is 43.5. The highest BCUT2D eigenvalue weighted by Crippen LogP contribution is 2.34. The number of aliphatic hydroxyl groups excluding tert-OH is 1. The summed E-state index contributed by atoms with van der Waals surface area (Å²) in [6.07, 6.45) is 0.556. The second-order valence-electron chi connectivity index (χ2n) is 8.31. The van der Waals surface area contributed by atoms with Crippen molar-refractivity contribution < 1.29 is 17.9 Å². The lowest BCUT2D eigenvalue weighted by atomic mass is 10.2. The maximum atomic E-state index is 14.3. The number of pyridine rings is 1. The molecule has 12 nitrogen and oxygen atoms in total. The Morgan fingerprint density at radius 1 is 1.11 bits per heavy atom. The number of anilines is 3. The molecular weight excluding hydrogens is 489 g/mol. The van der Waals surface area contributed by atoms with E-state index in [4.69, 9.17) is 11.5 Å². The van der Waals surface area contributed by atoms with E-state index < -0.39 is 16.3 Å². The van der Waals surface area contributed by atoms with Crippen molar-refractivity contribution in [3.8, 4) is 11.5 Å². The molecule has 0 bridgehead atoms. The van der Waals surface area contributed by atoms with E-state index in [0.29, 0.717) is 16.6 Å². The van der Waals surface area contributed by atoms with E-state index >= 15 is 0 Å². The molecule has 0 aliphatic carbocycles. The van der Waals surface area contributed by atoms with Gasteiger partial charge >= 0.3 is 10.2 Å². The highest BCUT2D eigenvalue weighted by molar-refractivity contribution is 7.90. The highest BCUT2D eigenvalue weighted by atomic mass is 32.2. The van der Waals surface area contributed by atoms with Gasteiger partial charge in [-0.3, -0.25) is 0 Å². The molecule has 1 unspecified atom stereocenters. The molecule has 4 rings (SSSR count). The lowest BCUT2D eigenvalue weighted by molar-refractivity contribution is 0.204. The summed E-state index contributed by atoms with van der Waals surface area (Å²) in [5.41, 5.74) is 13.4. The predicted molar refractivity (Wildman–Crippen MR) is 135 cm³/mol. The predicted octanol–water partition coefficient (Wildman–Crippen LogP) is 1.23. The molecule has 0 saturated heterocycles. The van der Waals surface area contributed by atoms with Gasteiger partial charge in [-0.15, -0.1) is 0 Å². The van der Waals surface area contributed by atoms with Crippen LogP contribution < -0.4 is 15.8 Å². The minimum absolute atomic E-state index is 0.0401. The van der Waals surface area contributed by atoms with Crippen LogP contribution in [0.15, 0.2) is 42.6 Å². The molecule has 1 atom stereocenters. The molecule has 3 heterocycles. The topological polar surface area (TPSA) is 169 Å². The summed E-state index contributed by atoms with van der Waals surface area (Å²) in [4.78, 5) is 13.0. The Balaban J connectivity index is 1.84. The Morgan fingerprint density at radius 3 is 2.39 bits per heavy atom. The van der Waals surface area contributed by atoms with E-state index in [9.17, 15) is 17.9 Å². The Kier molecular flexibility index (Phi) is 6.75. The van der Waals surface area contributed by atoms with Gasteiger partial charge in [0.1, 0.15) is 17.2 Å². The molecule has 14 heteroatoms. The number of fused-ring (bicyclic) bond motifs is 1. The van der Waals surface area contributed by atoms with Gasteiger partial charge in [-0.1, -0.05) is 18.2 Å². The molecule has 0 saturated carbocycles. The molecule has 0 aliphatic heterocycles. The van der Waals surface area contributed by atoms with Crippen LogP contribution in [0.2, 0.25) is 0 Å². The van der Waals surface area contributed by atoms with Gasteiger partial charge in [0, 0.05) is 25.9 Å². The molecular formula is C22H26FN9O3S. The monoisotopic (exact) mass is 515 g/mol. The average Bonchev–Trinajstić information content (AvgIpc) is 3.17. The maximum absolute atomic E-state index is 14.3. The minimum atomic E-state index is -4.08. The van der Waals surface area contributed by atoms with Crippen LogP contribution in [0.25, 0.3) is 22.6 Å². The van der Waals surface area contributed by atoms with Crippen molar-refractivity contribution in [2.24, 2.45) is 0 Å². The lowest BCUT2D eigenvalue weighted by Gasteiger charge is -2.29. The number of aromatic nitrogens is 5. The zero-order valence-electron chi connectivity index (χ0n) is 19.9. The van der Waals surface area contributed by atoms with Crippen molar-refractivity contribution in [1.82, 2.24) is 29.0 Å². The van der Waals surface area contributed by atoms with Crippen LogP contribution in [0, 0.1) is 5.82 Å². The summed E-state index contributed by atoms with van der Waals surface area (Å²) in [5.74, 6) is -0.778. The number of hydrogen-bond donors (Lipinski definition) is 3. The van der Waals surface area contributed by atoms with Gasteiger partial charge in [-0.2, -0.15) is 17.8 Å². The number of nitrogen functional groups attached to an aromatic ring is 2. The van der Waals surface area contributed by atoms with Gasteiger partial charge in [0.25, 0.3) is 0 Å². The maximum Gasteiger partial charge on any atom is 0.303 e. The number of hydrogen-bond acceptors (Lipinski definition) is 9. The van der Waals surface area contributed by atoms with Crippen molar-refractivity contribution >= 4 is 38.6 Å². The van der Waals surface area contributed by atoms with Crippen molar-refractivity contribution in [3.63, 3.8) is 0 Å². The zero-order valence-corrected chi connectivity index (χ0v) is 20.7. The van der Waals surface area contributed by atoms with E-state index in [1.54, 1.807) is 36.5 Å². The molecule has 0 radical (unpaired) electrons. The van der Waals surface area contributed by atoms with Crippen LogP contribution in [0.4, 0.5) is 21.7 Å². The Morgan fingerprint density at radius 2 is 1.78 bits per heavy atom. The fraction of sp³-hybridized carbons (Fsp3) is 0.273. The van der Waals surface area contributed by atoms with Crippen LogP contribution in [0.1, 0.15) is 12.5 Å². The van der Waals surface area contributed by atoms with Crippen LogP contribution in [-0.2, 0) is 16.8 Å². The molecule has 0 fully saturated rings. The van der Waals surface area contributed by atoms with Gasteiger partial charge in [0.15, 0.2) is 23.1 Å². The van der Waals surface area contributed by atoms with Crippen LogP contribution in [0.5, 0.6) is 0 Å². The minimum Gasteiger partial charge on any atom is -0.392 e. The molecule has 0 amide bonds. The second-order valence-corrected chi connectivity index (χ2v) is 10.4. The summed E-state index contributed by atoms with van der Waals surface area (Å²) in [7, 11) is -1.40. The van der Waals surface area contributed by atoms with Crippen LogP contribution in [0.3, 0.4) is 0 Å². The first-order valence-electron chi connectivity index (χ1n) is 10.9. The zero-order chi connectivity index (χ0) is 26.2. The van der Waals surface area contributed by atoms with E-state index in [-0.39, 0.29) is 47.7 Å². The van der Waals surface area contributed by atoms with Gasteiger partial charge in [0.05, 0.1) is 24.6 Å². The van der Waals surface area contributed by atoms with Crippen LogP contribution in [-0.4, -0.2) is 69.3 Å². The fourth-order valence-corrected chi connectivity index (χ4v) is 4.88. The first-order valence-corrected chi connectivity index (χ1v) is 12.3. The first kappa shape index (κ1) is 25.2. The third-order valence-electron chi connectivity index (χ3n) is 5.35. The lowest BCUT2D eigenvalue weighted by Crippen LogP contribution is -2.44. The van der Waals surface area contributed by atoms with Gasteiger partial charge in [-0.25, -0.2) is 28.3 Å². The Bertz CT molecular complexity index is 1500. The highest BCUT2D eigenvalue weighted by Gasteiger charge is 2.31. The Hall–Kier alpha value is -3.88. The van der Waals surface area contributed by atoms with Gasteiger partial charge < -0.3 is 16.6 Å². The van der Waals surface area contributed by atoms with Crippen LogP contribution >= 0.6 is 0 Å².